The highest BCUT2D eigenvalue weighted by molar-refractivity contribution is 5.92. The van der Waals surface area contributed by atoms with Crippen molar-refractivity contribution in [1.29, 1.82) is 0 Å². The Labute approximate surface area is 253 Å². The lowest BCUT2D eigenvalue weighted by atomic mass is 9.92. The second-order valence-corrected chi connectivity index (χ2v) is 13.3. The van der Waals surface area contributed by atoms with Crippen molar-refractivity contribution >= 4 is 17.9 Å². The Hall–Kier alpha value is -3.35. The average molecular weight is 580 g/mol. The zero-order valence-corrected chi connectivity index (χ0v) is 27.4. The third-order valence-electron chi connectivity index (χ3n) is 7.36. The van der Waals surface area contributed by atoms with Gasteiger partial charge >= 0.3 is 6.09 Å². The maximum absolute atomic E-state index is 14.6. The molecular formula is C35H53N3O4. The largest absolute Gasteiger partial charge is 0.444 e. The summed E-state index contributed by atoms with van der Waals surface area (Å²) in [5.74, 6) is 0.0130. The molecule has 0 saturated heterocycles. The number of nitrogens with one attached hydrogen (secondary N) is 2. The monoisotopic (exact) mass is 579 g/mol. The molecular weight excluding hydrogens is 526 g/mol. The van der Waals surface area contributed by atoms with Gasteiger partial charge in [-0.05, 0) is 94.9 Å². The van der Waals surface area contributed by atoms with Crippen molar-refractivity contribution < 1.29 is 19.1 Å². The van der Waals surface area contributed by atoms with E-state index in [1.54, 1.807) is 25.7 Å². The van der Waals surface area contributed by atoms with Gasteiger partial charge in [-0.25, -0.2) is 4.79 Å². The van der Waals surface area contributed by atoms with E-state index in [-0.39, 0.29) is 23.8 Å². The molecule has 0 aliphatic heterocycles. The van der Waals surface area contributed by atoms with Crippen LogP contribution in [0.3, 0.4) is 0 Å². The van der Waals surface area contributed by atoms with Gasteiger partial charge in [-0.3, -0.25) is 9.59 Å². The first kappa shape index (κ1) is 34.8. The van der Waals surface area contributed by atoms with Gasteiger partial charge in [-0.2, -0.15) is 0 Å². The summed E-state index contributed by atoms with van der Waals surface area (Å²) >= 11 is 0. The van der Waals surface area contributed by atoms with Crippen LogP contribution < -0.4 is 10.6 Å². The average Bonchev–Trinajstić information content (AvgIpc) is 2.89. The van der Waals surface area contributed by atoms with Crippen molar-refractivity contribution in [2.45, 2.75) is 119 Å². The molecule has 7 heteroatoms. The van der Waals surface area contributed by atoms with E-state index in [1.807, 2.05) is 83.1 Å². The maximum atomic E-state index is 14.6. The van der Waals surface area contributed by atoms with E-state index < -0.39 is 23.8 Å². The Morgan fingerprint density at radius 3 is 2.07 bits per heavy atom. The van der Waals surface area contributed by atoms with Gasteiger partial charge in [0.05, 0.1) is 0 Å². The fourth-order valence-corrected chi connectivity index (χ4v) is 5.00. The predicted molar refractivity (Wildman–Crippen MR) is 170 cm³/mol. The van der Waals surface area contributed by atoms with Crippen molar-refractivity contribution in [3.05, 3.63) is 70.8 Å². The van der Waals surface area contributed by atoms with Gasteiger partial charge in [0.2, 0.25) is 11.8 Å². The first-order chi connectivity index (χ1) is 19.6. The van der Waals surface area contributed by atoms with Gasteiger partial charge in [0.15, 0.2) is 0 Å². The molecule has 7 nitrogen and oxygen atoms in total. The van der Waals surface area contributed by atoms with Gasteiger partial charge in [-0.1, -0.05) is 76.2 Å². The minimum atomic E-state index is -0.877. The first-order valence-electron chi connectivity index (χ1n) is 15.3. The number of ether oxygens (including phenoxy) is 1. The normalized spacial score (nSPS) is 13.8. The van der Waals surface area contributed by atoms with Gasteiger partial charge < -0.3 is 20.3 Å². The molecule has 3 atom stereocenters. The molecule has 232 valence electrons. The molecule has 42 heavy (non-hydrogen) atoms. The van der Waals surface area contributed by atoms with Crippen LogP contribution in [0.15, 0.2) is 48.5 Å². The smallest absolute Gasteiger partial charge is 0.408 e. The Kier molecular flexibility index (Phi) is 13.1. The zero-order valence-electron chi connectivity index (χ0n) is 27.4. The SMILES string of the molecule is Cc1cccc(C(C(=O)NCc2ccccc2)N(C(=O)C(CC(C)C)NC(=O)OC(C)(C)C)C(C)CCC(C)C)c1C. The molecule has 0 aliphatic carbocycles. The maximum Gasteiger partial charge on any atom is 0.408 e. The van der Waals surface area contributed by atoms with E-state index in [0.29, 0.717) is 18.9 Å². The van der Waals surface area contributed by atoms with Crippen LogP contribution in [0.5, 0.6) is 0 Å². The number of benzene rings is 2. The second-order valence-electron chi connectivity index (χ2n) is 13.3. The highest BCUT2D eigenvalue weighted by Gasteiger charge is 2.39. The number of rotatable bonds is 13. The van der Waals surface area contributed by atoms with Crippen LogP contribution >= 0.6 is 0 Å². The first-order valence-corrected chi connectivity index (χ1v) is 15.3. The molecule has 2 N–H and O–H groups in total. The molecule has 2 rings (SSSR count). The third-order valence-corrected chi connectivity index (χ3v) is 7.36. The van der Waals surface area contributed by atoms with E-state index in [1.165, 1.54) is 0 Å². The van der Waals surface area contributed by atoms with Crippen LogP contribution in [0.25, 0.3) is 0 Å². The van der Waals surface area contributed by atoms with Crippen LogP contribution in [-0.4, -0.2) is 40.5 Å². The van der Waals surface area contributed by atoms with Crippen molar-refractivity contribution in [2.75, 3.05) is 0 Å². The van der Waals surface area contributed by atoms with Gasteiger partial charge in [0, 0.05) is 12.6 Å². The fourth-order valence-electron chi connectivity index (χ4n) is 5.00. The van der Waals surface area contributed by atoms with Crippen LogP contribution in [0, 0.1) is 25.7 Å². The minimum Gasteiger partial charge on any atom is -0.444 e. The Balaban J connectivity index is 2.62. The lowest BCUT2D eigenvalue weighted by Gasteiger charge is -2.39. The highest BCUT2D eigenvalue weighted by Crippen LogP contribution is 2.31. The number of carbonyl (C=O) groups is 3. The number of amides is 3. The summed E-state index contributed by atoms with van der Waals surface area (Å²) < 4.78 is 5.53. The standard InChI is InChI=1S/C35H53N3O4/c1-23(2)19-20-26(6)38(33(40)30(21-24(3)4)37-34(41)42-35(8,9)10)31(29-18-14-15-25(5)27(29)7)32(39)36-22-28-16-12-11-13-17-28/h11-18,23-24,26,30-31H,19-22H2,1-10H3,(H,36,39)(H,37,41). The van der Waals surface area contributed by atoms with Crippen LogP contribution in [0.2, 0.25) is 0 Å². The van der Waals surface area contributed by atoms with Crippen molar-refractivity contribution in [2.24, 2.45) is 11.8 Å². The van der Waals surface area contributed by atoms with Crippen LogP contribution in [0.4, 0.5) is 4.79 Å². The number of hydrogen-bond donors (Lipinski definition) is 2. The Morgan fingerprint density at radius 2 is 1.50 bits per heavy atom. The molecule has 0 spiro atoms. The molecule has 0 bridgehead atoms. The fraction of sp³-hybridized carbons (Fsp3) is 0.571. The van der Waals surface area contributed by atoms with E-state index in [4.69, 9.17) is 4.74 Å². The summed E-state index contributed by atoms with van der Waals surface area (Å²) in [6.45, 7) is 20.1. The summed E-state index contributed by atoms with van der Waals surface area (Å²) in [5, 5.41) is 5.96. The van der Waals surface area contributed by atoms with Gasteiger partial charge in [0.25, 0.3) is 0 Å². The quantitative estimate of drug-likeness (QED) is 0.262. The number of carbonyl (C=O) groups excluding carboxylic acids is 3. The van der Waals surface area contributed by atoms with Crippen LogP contribution in [0.1, 0.15) is 103 Å². The highest BCUT2D eigenvalue weighted by atomic mass is 16.6. The Morgan fingerprint density at radius 1 is 0.857 bits per heavy atom. The van der Waals surface area contributed by atoms with Crippen molar-refractivity contribution in [1.82, 2.24) is 15.5 Å². The summed E-state index contributed by atoms with van der Waals surface area (Å²) in [5.41, 5.74) is 3.05. The predicted octanol–water partition coefficient (Wildman–Crippen LogP) is 7.25. The lowest BCUT2D eigenvalue weighted by Crippen LogP contribution is -2.56. The summed E-state index contributed by atoms with van der Waals surface area (Å²) in [7, 11) is 0. The molecule has 0 aliphatic rings. The number of alkyl carbamates (subject to hydrolysis) is 1. The van der Waals surface area contributed by atoms with Gasteiger partial charge in [0.1, 0.15) is 17.7 Å². The van der Waals surface area contributed by atoms with E-state index >= 15 is 0 Å². The minimum absolute atomic E-state index is 0.118. The molecule has 0 fully saturated rings. The molecule has 0 heterocycles. The third kappa shape index (κ3) is 10.8. The van der Waals surface area contributed by atoms with E-state index in [2.05, 4.69) is 24.5 Å². The molecule has 3 unspecified atom stereocenters. The zero-order chi connectivity index (χ0) is 31.6. The van der Waals surface area contributed by atoms with E-state index in [9.17, 15) is 14.4 Å². The van der Waals surface area contributed by atoms with Crippen LogP contribution in [-0.2, 0) is 20.9 Å². The number of nitrogens with zero attached hydrogens (tertiary/aromatic N) is 1. The van der Waals surface area contributed by atoms with Crippen molar-refractivity contribution in [3.63, 3.8) is 0 Å². The number of hydrogen-bond acceptors (Lipinski definition) is 4. The molecule has 2 aromatic carbocycles. The lowest BCUT2D eigenvalue weighted by molar-refractivity contribution is -0.145. The molecule has 3 amide bonds. The summed E-state index contributed by atoms with van der Waals surface area (Å²) in [6.07, 6.45) is 1.38. The molecule has 0 radical (unpaired) electrons. The molecule has 0 aromatic heterocycles. The van der Waals surface area contributed by atoms with E-state index in [0.717, 1.165) is 35.1 Å². The number of aryl methyl sites for hydroxylation is 1. The summed E-state index contributed by atoms with van der Waals surface area (Å²) in [6, 6.07) is 13.6. The Bertz CT molecular complexity index is 1170. The summed E-state index contributed by atoms with van der Waals surface area (Å²) in [4.78, 5) is 43.5. The topological polar surface area (TPSA) is 87.7 Å². The molecule has 2 aromatic rings. The molecule has 0 saturated carbocycles. The van der Waals surface area contributed by atoms with Gasteiger partial charge in [-0.15, -0.1) is 0 Å². The van der Waals surface area contributed by atoms with Crippen molar-refractivity contribution in [3.8, 4) is 0 Å². The second kappa shape index (κ2) is 15.8.